The van der Waals surface area contributed by atoms with Gasteiger partial charge in [0.05, 0.1) is 13.2 Å². The van der Waals surface area contributed by atoms with Crippen LogP contribution in [0.15, 0.2) is 30.3 Å². The molecule has 1 heterocycles. The molecule has 1 unspecified atom stereocenters. The maximum absolute atomic E-state index is 9.18. The number of hydrogen-bond donors (Lipinski definition) is 1. The molecule has 0 saturated carbocycles. The van der Waals surface area contributed by atoms with Crippen LogP contribution in [0.4, 0.5) is 0 Å². The Hall–Kier alpha value is -0.900. The number of aliphatic hydroxyl groups excluding tert-OH is 1. The summed E-state index contributed by atoms with van der Waals surface area (Å²) in [6, 6.07) is 10.3. The summed E-state index contributed by atoms with van der Waals surface area (Å²) < 4.78 is 11.4. The first-order valence-corrected chi connectivity index (χ1v) is 6.17. The Kier molecular flexibility index (Phi) is 4.15. The minimum absolute atomic E-state index is 0.166. The molecule has 1 saturated heterocycles. The monoisotopic (exact) mass is 236 g/mol. The highest BCUT2D eigenvalue weighted by Crippen LogP contribution is 2.32. The molecule has 0 radical (unpaired) electrons. The Balaban J connectivity index is 2.07. The standard InChI is InChI=1S/C14H20O3/c1-14(16-9-10-17-14)13(7-8-15)11-12-5-3-2-4-6-12/h2-6,13,15H,7-11H2,1H3. The predicted octanol–water partition coefficient (Wildman–Crippen LogP) is 1.99. The highest BCUT2D eigenvalue weighted by atomic mass is 16.7. The van der Waals surface area contributed by atoms with Crippen molar-refractivity contribution < 1.29 is 14.6 Å². The van der Waals surface area contributed by atoms with Gasteiger partial charge in [-0.1, -0.05) is 30.3 Å². The van der Waals surface area contributed by atoms with E-state index in [-0.39, 0.29) is 12.5 Å². The van der Waals surface area contributed by atoms with E-state index in [9.17, 15) is 5.11 Å². The average molecular weight is 236 g/mol. The Morgan fingerprint density at radius 3 is 2.47 bits per heavy atom. The topological polar surface area (TPSA) is 38.7 Å². The molecular formula is C14H20O3. The van der Waals surface area contributed by atoms with Crippen molar-refractivity contribution >= 4 is 0 Å². The second-order valence-corrected chi connectivity index (χ2v) is 4.61. The molecule has 0 aliphatic carbocycles. The molecular weight excluding hydrogens is 216 g/mol. The van der Waals surface area contributed by atoms with Crippen LogP contribution >= 0.6 is 0 Å². The summed E-state index contributed by atoms with van der Waals surface area (Å²) in [5.41, 5.74) is 1.26. The SMILES string of the molecule is CC1(C(CCO)Cc2ccccc2)OCCO1. The molecule has 0 aromatic heterocycles. The smallest absolute Gasteiger partial charge is 0.168 e. The molecule has 1 aromatic carbocycles. The summed E-state index contributed by atoms with van der Waals surface area (Å²) >= 11 is 0. The minimum atomic E-state index is -0.543. The molecule has 1 aliphatic heterocycles. The van der Waals surface area contributed by atoms with Crippen LogP contribution in [-0.2, 0) is 15.9 Å². The molecule has 0 bridgehead atoms. The Morgan fingerprint density at radius 2 is 1.88 bits per heavy atom. The summed E-state index contributed by atoms with van der Waals surface area (Å²) in [7, 11) is 0. The zero-order valence-electron chi connectivity index (χ0n) is 10.3. The molecule has 2 rings (SSSR count). The second-order valence-electron chi connectivity index (χ2n) is 4.61. The van der Waals surface area contributed by atoms with Crippen LogP contribution in [0.3, 0.4) is 0 Å². The van der Waals surface area contributed by atoms with Gasteiger partial charge < -0.3 is 14.6 Å². The maximum Gasteiger partial charge on any atom is 0.168 e. The van der Waals surface area contributed by atoms with Crippen molar-refractivity contribution in [2.24, 2.45) is 5.92 Å². The van der Waals surface area contributed by atoms with Crippen LogP contribution in [0, 0.1) is 5.92 Å². The molecule has 1 atom stereocenters. The average Bonchev–Trinajstić information content (AvgIpc) is 2.78. The van der Waals surface area contributed by atoms with E-state index in [1.165, 1.54) is 5.56 Å². The summed E-state index contributed by atoms with van der Waals surface area (Å²) in [6.45, 7) is 3.43. The Labute approximate surface area is 102 Å². The fraction of sp³-hybridized carbons (Fsp3) is 0.571. The fourth-order valence-electron chi connectivity index (χ4n) is 2.37. The molecule has 94 valence electrons. The van der Waals surface area contributed by atoms with E-state index >= 15 is 0 Å². The van der Waals surface area contributed by atoms with E-state index in [2.05, 4.69) is 12.1 Å². The van der Waals surface area contributed by atoms with Gasteiger partial charge in [-0.3, -0.25) is 0 Å². The third kappa shape index (κ3) is 3.06. The Bertz CT molecular complexity index is 331. The number of rotatable bonds is 5. The van der Waals surface area contributed by atoms with Crippen molar-refractivity contribution in [1.82, 2.24) is 0 Å². The summed E-state index contributed by atoms with van der Waals surface area (Å²) in [5.74, 6) is -0.351. The van der Waals surface area contributed by atoms with Crippen molar-refractivity contribution in [2.45, 2.75) is 25.6 Å². The maximum atomic E-state index is 9.18. The van der Waals surface area contributed by atoms with Gasteiger partial charge in [0.1, 0.15) is 0 Å². The van der Waals surface area contributed by atoms with E-state index < -0.39 is 5.79 Å². The first kappa shape index (κ1) is 12.6. The van der Waals surface area contributed by atoms with Crippen LogP contribution in [0.5, 0.6) is 0 Å². The predicted molar refractivity (Wildman–Crippen MR) is 65.6 cm³/mol. The van der Waals surface area contributed by atoms with Gasteiger partial charge >= 0.3 is 0 Å². The fourth-order valence-corrected chi connectivity index (χ4v) is 2.37. The van der Waals surface area contributed by atoms with Crippen molar-refractivity contribution in [1.29, 1.82) is 0 Å². The van der Waals surface area contributed by atoms with Gasteiger partial charge in [0.2, 0.25) is 0 Å². The second kappa shape index (κ2) is 5.63. The van der Waals surface area contributed by atoms with E-state index in [0.717, 1.165) is 6.42 Å². The normalized spacial score (nSPS) is 20.4. The largest absolute Gasteiger partial charge is 0.396 e. The van der Waals surface area contributed by atoms with Gasteiger partial charge in [-0.25, -0.2) is 0 Å². The zero-order valence-corrected chi connectivity index (χ0v) is 10.3. The minimum Gasteiger partial charge on any atom is -0.396 e. The molecule has 0 spiro atoms. The Morgan fingerprint density at radius 1 is 1.24 bits per heavy atom. The van der Waals surface area contributed by atoms with E-state index in [1.54, 1.807) is 0 Å². The van der Waals surface area contributed by atoms with Gasteiger partial charge in [0.15, 0.2) is 5.79 Å². The lowest BCUT2D eigenvalue weighted by molar-refractivity contribution is -0.184. The van der Waals surface area contributed by atoms with E-state index in [0.29, 0.717) is 19.6 Å². The lowest BCUT2D eigenvalue weighted by Crippen LogP contribution is -2.37. The number of aliphatic hydroxyl groups is 1. The van der Waals surface area contributed by atoms with E-state index in [4.69, 9.17) is 9.47 Å². The molecule has 3 nitrogen and oxygen atoms in total. The highest BCUT2D eigenvalue weighted by Gasteiger charge is 2.39. The molecule has 1 aromatic rings. The van der Waals surface area contributed by atoms with Crippen LogP contribution in [0.1, 0.15) is 18.9 Å². The van der Waals surface area contributed by atoms with Crippen molar-refractivity contribution in [3.63, 3.8) is 0 Å². The first-order chi connectivity index (χ1) is 8.24. The number of hydrogen-bond acceptors (Lipinski definition) is 3. The van der Waals surface area contributed by atoms with E-state index in [1.807, 2.05) is 25.1 Å². The molecule has 0 amide bonds. The summed E-state index contributed by atoms with van der Waals surface area (Å²) in [6.07, 6.45) is 1.57. The third-order valence-corrected chi connectivity index (χ3v) is 3.40. The summed E-state index contributed by atoms with van der Waals surface area (Å²) in [4.78, 5) is 0. The van der Waals surface area contributed by atoms with Gasteiger partial charge in [-0.15, -0.1) is 0 Å². The van der Waals surface area contributed by atoms with Crippen LogP contribution in [0.25, 0.3) is 0 Å². The van der Waals surface area contributed by atoms with Gasteiger partial charge in [-0.05, 0) is 25.3 Å². The lowest BCUT2D eigenvalue weighted by Gasteiger charge is -2.32. The van der Waals surface area contributed by atoms with Crippen LogP contribution in [0.2, 0.25) is 0 Å². The molecule has 1 N–H and O–H groups in total. The molecule has 3 heteroatoms. The number of benzene rings is 1. The zero-order chi connectivity index (χ0) is 12.1. The van der Waals surface area contributed by atoms with Crippen LogP contribution < -0.4 is 0 Å². The molecule has 1 fully saturated rings. The quantitative estimate of drug-likeness (QED) is 0.849. The van der Waals surface area contributed by atoms with Gasteiger partial charge in [0, 0.05) is 12.5 Å². The lowest BCUT2D eigenvalue weighted by atomic mass is 9.89. The van der Waals surface area contributed by atoms with Gasteiger partial charge in [0.25, 0.3) is 0 Å². The van der Waals surface area contributed by atoms with Gasteiger partial charge in [-0.2, -0.15) is 0 Å². The highest BCUT2D eigenvalue weighted by molar-refractivity contribution is 5.15. The molecule has 1 aliphatic rings. The van der Waals surface area contributed by atoms with Crippen LogP contribution in [-0.4, -0.2) is 30.7 Å². The third-order valence-electron chi connectivity index (χ3n) is 3.40. The van der Waals surface area contributed by atoms with Crippen molar-refractivity contribution in [3.8, 4) is 0 Å². The van der Waals surface area contributed by atoms with Crippen molar-refractivity contribution in [3.05, 3.63) is 35.9 Å². The van der Waals surface area contributed by atoms with Crippen molar-refractivity contribution in [2.75, 3.05) is 19.8 Å². The summed E-state index contributed by atoms with van der Waals surface area (Å²) in [5, 5.41) is 9.18. The first-order valence-electron chi connectivity index (χ1n) is 6.17. The number of ether oxygens (including phenoxy) is 2. The molecule has 17 heavy (non-hydrogen) atoms.